The zero-order valence-corrected chi connectivity index (χ0v) is 35.5. The van der Waals surface area contributed by atoms with Gasteiger partial charge >= 0.3 is 19.8 Å². The van der Waals surface area contributed by atoms with Gasteiger partial charge in [0, 0.05) is 18.8 Å². The second kappa shape index (κ2) is 32.2. The highest BCUT2D eigenvalue weighted by Gasteiger charge is 2.39. The summed E-state index contributed by atoms with van der Waals surface area (Å²) in [6, 6.07) is 0. The van der Waals surface area contributed by atoms with E-state index in [9.17, 15) is 39.5 Å². The molecule has 328 valence electrons. The third-order valence-corrected chi connectivity index (χ3v) is 11.1. The quantitative estimate of drug-likeness (QED) is 0.0162. The van der Waals surface area contributed by atoms with E-state index in [1.54, 1.807) is 24.3 Å². The maximum atomic E-state index is 12.7. The standard InChI is InChI=1S/C42H77O13P/c1-4-5-16-22-34(44)26-27-38-37(39(46)28-40(38)47)23-19-20-24-41(48)52-31-36(32-54-56(50,51)53-30-35(45)29-43)55-42(49)25-18-15-13-11-9-7-6-8-10-12-14-17-21-33(2)3/h19-20,26-27,33-40,43-47H,4-18,21-25,28-32H2,1-3H3,(H,50,51)/b20-19-,27-26+/t34-,35+,36-,37+,38-,39+,40-/m1/s1. The van der Waals surface area contributed by atoms with E-state index >= 15 is 0 Å². The highest BCUT2D eigenvalue weighted by atomic mass is 31.2. The number of phosphoric ester groups is 1. The van der Waals surface area contributed by atoms with Crippen LogP contribution in [0.3, 0.4) is 0 Å². The summed E-state index contributed by atoms with van der Waals surface area (Å²) in [5.41, 5.74) is 0. The van der Waals surface area contributed by atoms with Crippen molar-refractivity contribution in [2.24, 2.45) is 17.8 Å². The van der Waals surface area contributed by atoms with Crippen molar-refractivity contribution in [2.75, 3.05) is 26.4 Å². The van der Waals surface area contributed by atoms with Gasteiger partial charge in [0.2, 0.25) is 0 Å². The van der Waals surface area contributed by atoms with E-state index in [2.05, 4.69) is 25.3 Å². The average molecular weight is 821 g/mol. The smallest absolute Gasteiger partial charge is 0.461 e. The Morgan fingerprint density at radius 1 is 0.768 bits per heavy atom. The second-order valence-corrected chi connectivity index (χ2v) is 17.3. The lowest BCUT2D eigenvalue weighted by atomic mass is 9.89. The van der Waals surface area contributed by atoms with Crippen molar-refractivity contribution in [3.63, 3.8) is 0 Å². The van der Waals surface area contributed by atoms with E-state index in [1.165, 1.54) is 57.8 Å². The topological polar surface area (TPSA) is 210 Å². The summed E-state index contributed by atoms with van der Waals surface area (Å²) in [4.78, 5) is 35.2. The van der Waals surface area contributed by atoms with Crippen LogP contribution in [0.1, 0.15) is 156 Å². The van der Waals surface area contributed by atoms with Gasteiger partial charge in [-0.2, -0.15) is 0 Å². The molecule has 0 aromatic heterocycles. The van der Waals surface area contributed by atoms with Crippen molar-refractivity contribution in [1.82, 2.24) is 0 Å². The first-order valence-corrected chi connectivity index (χ1v) is 22.9. The van der Waals surface area contributed by atoms with Crippen molar-refractivity contribution < 1.29 is 63.1 Å². The Kier molecular flexibility index (Phi) is 30.1. The predicted octanol–water partition coefficient (Wildman–Crippen LogP) is 7.24. The number of carbonyl (C=O) groups excluding carboxylic acids is 2. The Hall–Kier alpha value is -1.67. The summed E-state index contributed by atoms with van der Waals surface area (Å²) in [7, 11) is -4.69. The molecule has 0 amide bonds. The number of unbranched alkanes of at least 4 members (excludes halogenated alkanes) is 13. The Bertz CT molecular complexity index is 1120. The Morgan fingerprint density at radius 3 is 1.96 bits per heavy atom. The van der Waals surface area contributed by atoms with E-state index < -0.39 is 76.7 Å². The fraction of sp³-hybridized carbons (Fsp3) is 0.857. The first-order chi connectivity index (χ1) is 26.8. The molecule has 1 aliphatic rings. The van der Waals surface area contributed by atoms with Gasteiger partial charge in [-0.3, -0.25) is 18.6 Å². The number of ether oxygens (including phenoxy) is 2. The minimum Gasteiger partial charge on any atom is -0.461 e. The van der Waals surface area contributed by atoms with Gasteiger partial charge in [-0.05, 0) is 31.1 Å². The molecule has 0 aromatic rings. The molecule has 1 saturated carbocycles. The van der Waals surface area contributed by atoms with Crippen LogP contribution in [0.25, 0.3) is 0 Å². The van der Waals surface area contributed by atoms with Crippen LogP contribution in [-0.4, -0.2) is 99.3 Å². The molecule has 1 rings (SSSR count). The zero-order valence-electron chi connectivity index (χ0n) is 34.6. The summed E-state index contributed by atoms with van der Waals surface area (Å²) >= 11 is 0. The number of aliphatic hydroxyl groups excluding tert-OH is 5. The molecule has 0 aliphatic heterocycles. The lowest BCUT2D eigenvalue weighted by Gasteiger charge is -2.20. The summed E-state index contributed by atoms with van der Waals surface area (Å²) in [6.45, 7) is 4.21. The van der Waals surface area contributed by atoms with Crippen LogP contribution in [0.15, 0.2) is 24.3 Å². The second-order valence-electron chi connectivity index (χ2n) is 15.8. The molecule has 0 spiro atoms. The Balaban J connectivity index is 2.52. The van der Waals surface area contributed by atoms with Crippen LogP contribution in [0.5, 0.6) is 0 Å². The minimum atomic E-state index is -4.69. The van der Waals surface area contributed by atoms with Crippen LogP contribution in [0.4, 0.5) is 0 Å². The van der Waals surface area contributed by atoms with Crippen molar-refractivity contribution in [2.45, 2.75) is 186 Å². The van der Waals surface area contributed by atoms with E-state index in [0.717, 1.165) is 44.4 Å². The zero-order chi connectivity index (χ0) is 41.6. The van der Waals surface area contributed by atoms with Crippen LogP contribution < -0.4 is 0 Å². The number of phosphoric acid groups is 1. The van der Waals surface area contributed by atoms with Crippen LogP contribution in [-0.2, 0) is 32.7 Å². The highest BCUT2D eigenvalue weighted by Crippen LogP contribution is 2.43. The molecule has 0 radical (unpaired) electrons. The fourth-order valence-corrected chi connectivity index (χ4v) is 7.53. The van der Waals surface area contributed by atoms with Gasteiger partial charge in [0.15, 0.2) is 6.10 Å². The molecule has 13 nitrogen and oxygen atoms in total. The van der Waals surface area contributed by atoms with Gasteiger partial charge < -0.3 is 39.9 Å². The van der Waals surface area contributed by atoms with Crippen LogP contribution >= 0.6 is 7.82 Å². The summed E-state index contributed by atoms with van der Waals surface area (Å²) in [5.74, 6) is -1.07. The molecule has 14 heteroatoms. The molecule has 1 aliphatic carbocycles. The van der Waals surface area contributed by atoms with E-state index in [0.29, 0.717) is 19.3 Å². The molecule has 0 saturated heterocycles. The number of hydrogen-bond acceptors (Lipinski definition) is 12. The van der Waals surface area contributed by atoms with E-state index in [4.69, 9.17) is 19.1 Å². The number of hydrogen-bond donors (Lipinski definition) is 6. The lowest BCUT2D eigenvalue weighted by molar-refractivity contribution is -0.160. The number of aliphatic hydroxyl groups is 5. The molecule has 1 fully saturated rings. The van der Waals surface area contributed by atoms with Crippen molar-refractivity contribution in [3.8, 4) is 0 Å². The molecular weight excluding hydrogens is 743 g/mol. The number of carbonyl (C=O) groups is 2. The van der Waals surface area contributed by atoms with Crippen molar-refractivity contribution in [1.29, 1.82) is 0 Å². The van der Waals surface area contributed by atoms with Gasteiger partial charge in [0.25, 0.3) is 0 Å². The summed E-state index contributed by atoms with van der Waals surface area (Å²) in [5, 5.41) is 49.6. The molecule has 0 bridgehead atoms. The summed E-state index contributed by atoms with van der Waals surface area (Å²) in [6.07, 6.45) is 21.4. The third kappa shape index (κ3) is 27.1. The Labute approximate surface area is 336 Å². The average Bonchev–Trinajstić information content (AvgIpc) is 3.43. The third-order valence-electron chi connectivity index (χ3n) is 10.1. The van der Waals surface area contributed by atoms with E-state index in [1.807, 2.05) is 0 Å². The Morgan fingerprint density at radius 2 is 1.36 bits per heavy atom. The predicted molar refractivity (Wildman–Crippen MR) is 216 cm³/mol. The highest BCUT2D eigenvalue weighted by molar-refractivity contribution is 7.47. The lowest BCUT2D eigenvalue weighted by Crippen LogP contribution is -2.29. The van der Waals surface area contributed by atoms with Crippen LogP contribution in [0.2, 0.25) is 0 Å². The SMILES string of the molecule is CCCCC[C@@H](O)/C=C/[C@@H]1[C@H](C/C=C\CC(=O)OC[C@H](COP(=O)(O)OC[C@@H](O)CO)OC(=O)CCCCCCCCCCCCCCC(C)C)[C@@H](O)C[C@H]1O. The molecule has 56 heavy (non-hydrogen) atoms. The maximum absolute atomic E-state index is 12.7. The molecule has 8 atom stereocenters. The molecule has 1 unspecified atom stereocenters. The normalized spacial score (nSPS) is 21.5. The van der Waals surface area contributed by atoms with Gasteiger partial charge in [-0.1, -0.05) is 141 Å². The first kappa shape index (κ1) is 52.3. The molecule has 0 aromatic carbocycles. The summed E-state index contributed by atoms with van der Waals surface area (Å²) < 4.78 is 32.6. The van der Waals surface area contributed by atoms with Crippen molar-refractivity contribution >= 4 is 19.8 Å². The molecular formula is C42H77O13P. The van der Waals surface area contributed by atoms with Crippen molar-refractivity contribution in [3.05, 3.63) is 24.3 Å². The maximum Gasteiger partial charge on any atom is 0.472 e. The fourth-order valence-electron chi connectivity index (χ4n) is 6.74. The van der Waals surface area contributed by atoms with Crippen LogP contribution in [0, 0.1) is 17.8 Å². The number of esters is 2. The number of allylic oxidation sites excluding steroid dienone is 1. The van der Waals surface area contributed by atoms with Gasteiger partial charge in [-0.15, -0.1) is 0 Å². The minimum absolute atomic E-state index is 0.121. The van der Waals surface area contributed by atoms with Gasteiger partial charge in [0.05, 0.1) is 44.6 Å². The first-order valence-electron chi connectivity index (χ1n) is 21.4. The monoisotopic (exact) mass is 821 g/mol. The van der Waals surface area contributed by atoms with Gasteiger partial charge in [0.1, 0.15) is 12.7 Å². The number of rotatable bonds is 35. The largest absolute Gasteiger partial charge is 0.472 e. The molecule has 0 heterocycles. The molecule has 6 N–H and O–H groups in total. The van der Waals surface area contributed by atoms with E-state index in [-0.39, 0.29) is 31.1 Å². The van der Waals surface area contributed by atoms with Gasteiger partial charge in [-0.25, -0.2) is 4.57 Å².